The second-order valence-electron chi connectivity index (χ2n) is 9.05. The van der Waals surface area contributed by atoms with Crippen LogP contribution in [0.25, 0.3) is 11.1 Å². The Hall–Kier alpha value is -3.39. The first-order chi connectivity index (χ1) is 16.4. The fraction of sp³-hybridized carbons (Fsp3) is 0.423. The van der Waals surface area contributed by atoms with Crippen LogP contribution in [0.15, 0.2) is 48.5 Å². The van der Waals surface area contributed by atoms with Gasteiger partial charge in [0.25, 0.3) is 0 Å². The molecule has 2 aliphatic rings. The molecule has 1 aliphatic heterocycles. The molecule has 0 saturated carbocycles. The lowest BCUT2D eigenvalue weighted by molar-refractivity contribution is -0.154. The van der Waals surface area contributed by atoms with Crippen molar-refractivity contribution in [2.45, 2.75) is 38.1 Å². The zero-order valence-electron chi connectivity index (χ0n) is 19.2. The number of amides is 2. The summed E-state index contributed by atoms with van der Waals surface area (Å²) in [6, 6.07) is 15.7. The normalized spacial score (nSPS) is 17.2. The standard InChI is InChI=1S/C26H30N2O6/c1-17(14-23(29)27-16-26(24(30)31)10-12-33-13-11-26)28-25(32)34-15-22-20-8-4-2-6-18(20)19-7-3-5-9-21(19)22/h2-9,17,22H,10-16H2,1H3,(H,27,29)(H,28,32)(H,30,31). The van der Waals surface area contributed by atoms with Gasteiger partial charge in [-0.25, -0.2) is 4.79 Å². The smallest absolute Gasteiger partial charge is 0.407 e. The minimum absolute atomic E-state index is 0.0242. The largest absolute Gasteiger partial charge is 0.481 e. The molecule has 0 radical (unpaired) electrons. The molecule has 2 amide bonds. The number of carboxylic acid groups (broad SMARTS) is 1. The van der Waals surface area contributed by atoms with Crippen molar-refractivity contribution in [3.05, 3.63) is 59.7 Å². The molecule has 0 spiro atoms. The molecule has 1 saturated heterocycles. The van der Waals surface area contributed by atoms with Crippen molar-refractivity contribution < 1.29 is 29.0 Å². The highest BCUT2D eigenvalue weighted by molar-refractivity contribution is 5.81. The van der Waals surface area contributed by atoms with Gasteiger partial charge in [0.2, 0.25) is 5.91 Å². The number of nitrogens with one attached hydrogen (secondary N) is 2. The van der Waals surface area contributed by atoms with Crippen molar-refractivity contribution in [2.75, 3.05) is 26.4 Å². The van der Waals surface area contributed by atoms with Crippen LogP contribution in [0.2, 0.25) is 0 Å². The zero-order valence-corrected chi connectivity index (χ0v) is 19.2. The number of carbonyl (C=O) groups is 3. The number of alkyl carbamates (subject to hydrolysis) is 1. The number of fused-ring (bicyclic) bond motifs is 3. The highest BCUT2D eigenvalue weighted by Crippen LogP contribution is 2.44. The number of carboxylic acids is 1. The molecule has 3 N–H and O–H groups in total. The van der Waals surface area contributed by atoms with Crippen LogP contribution in [0.3, 0.4) is 0 Å². The molecule has 0 bridgehead atoms. The van der Waals surface area contributed by atoms with E-state index in [0.717, 1.165) is 22.3 Å². The first-order valence-corrected chi connectivity index (χ1v) is 11.6. The molecule has 1 aliphatic carbocycles. The summed E-state index contributed by atoms with van der Waals surface area (Å²) in [5.74, 6) is -1.29. The predicted octanol–water partition coefficient (Wildman–Crippen LogP) is 3.30. The average Bonchev–Trinajstić information content (AvgIpc) is 3.15. The van der Waals surface area contributed by atoms with Gasteiger partial charge in [0.05, 0.1) is 5.41 Å². The van der Waals surface area contributed by atoms with E-state index in [4.69, 9.17) is 9.47 Å². The number of rotatable bonds is 8. The van der Waals surface area contributed by atoms with E-state index in [1.807, 2.05) is 24.3 Å². The molecule has 8 nitrogen and oxygen atoms in total. The Morgan fingerprint density at radius 1 is 1.06 bits per heavy atom. The third-order valence-corrected chi connectivity index (χ3v) is 6.73. The molecule has 1 heterocycles. The van der Waals surface area contributed by atoms with Crippen LogP contribution in [0.1, 0.15) is 43.2 Å². The quantitative estimate of drug-likeness (QED) is 0.550. The Kier molecular flexibility index (Phi) is 7.17. The second kappa shape index (κ2) is 10.3. The van der Waals surface area contributed by atoms with E-state index in [9.17, 15) is 19.5 Å². The Morgan fingerprint density at radius 2 is 1.65 bits per heavy atom. The van der Waals surface area contributed by atoms with Crippen LogP contribution in [0, 0.1) is 5.41 Å². The van der Waals surface area contributed by atoms with Gasteiger partial charge in [0.15, 0.2) is 0 Å². The maximum atomic E-state index is 12.4. The van der Waals surface area contributed by atoms with Gasteiger partial charge in [-0.15, -0.1) is 0 Å². The van der Waals surface area contributed by atoms with Gasteiger partial charge >= 0.3 is 12.1 Å². The molecule has 34 heavy (non-hydrogen) atoms. The minimum Gasteiger partial charge on any atom is -0.481 e. The fourth-order valence-electron chi connectivity index (χ4n) is 4.74. The summed E-state index contributed by atoms with van der Waals surface area (Å²) >= 11 is 0. The number of hydrogen-bond acceptors (Lipinski definition) is 5. The maximum Gasteiger partial charge on any atom is 0.407 e. The van der Waals surface area contributed by atoms with Crippen molar-refractivity contribution >= 4 is 18.0 Å². The van der Waals surface area contributed by atoms with Crippen molar-refractivity contribution in [3.63, 3.8) is 0 Å². The molecule has 8 heteroatoms. The summed E-state index contributed by atoms with van der Waals surface area (Å²) in [5.41, 5.74) is 3.56. The Labute approximate surface area is 198 Å². The molecule has 0 aromatic heterocycles. The Balaban J connectivity index is 1.26. The van der Waals surface area contributed by atoms with E-state index in [0.29, 0.717) is 26.1 Å². The maximum absolute atomic E-state index is 12.4. The predicted molar refractivity (Wildman–Crippen MR) is 125 cm³/mol. The van der Waals surface area contributed by atoms with E-state index >= 15 is 0 Å². The Bertz CT molecular complexity index is 1020. The first-order valence-electron chi connectivity index (χ1n) is 11.6. The molecule has 2 aromatic rings. The van der Waals surface area contributed by atoms with Gasteiger partial charge in [-0.2, -0.15) is 0 Å². The summed E-state index contributed by atoms with van der Waals surface area (Å²) in [5, 5.41) is 15.0. The fourth-order valence-corrected chi connectivity index (χ4v) is 4.74. The van der Waals surface area contributed by atoms with Crippen molar-refractivity contribution in [1.29, 1.82) is 0 Å². The van der Waals surface area contributed by atoms with Crippen LogP contribution in [0.4, 0.5) is 4.79 Å². The lowest BCUT2D eigenvalue weighted by Crippen LogP contribution is -2.47. The summed E-state index contributed by atoms with van der Waals surface area (Å²) in [6.07, 6.45) is 0.150. The number of benzene rings is 2. The number of carbonyl (C=O) groups excluding carboxylic acids is 2. The third kappa shape index (κ3) is 5.07. The van der Waals surface area contributed by atoms with E-state index in [1.54, 1.807) is 6.92 Å². The summed E-state index contributed by atoms with van der Waals surface area (Å²) in [4.78, 5) is 36.5. The van der Waals surface area contributed by atoms with Gasteiger partial charge in [0.1, 0.15) is 6.61 Å². The third-order valence-electron chi connectivity index (χ3n) is 6.73. The molecule has 1 atom stereocenters. The van der Waals surface area contributed by atoms with Gasteiger partial charge in [0, 0.05) is 38.1 Å². The van der Waals surface area contributed by atoms with E-state index in [1.165, 1.54) is 0 Å². The first kappa shape index (κ1) is 23.8. The summed E-state index contributed by atoms with van der Waals surface area (Å²) in [6.45, 7) is 2.68. The molecule has 1 fully saturated rings. The molecule has 180 valence electrons. The number of hydrogen-bond donors (Lipinski definition) is 3. The van der Waals surface area contributed by atoms with Gasteiger partial charge < -0.3 is 25.2 Å². The van der Waals surface area contributed by atoms with Crippen LogP contribution >= 0.6 is 0 Å². The monoisotopic (exact) mass is 466 g/mol. The molecular weight excluding hydrogens is 436 g/mol. The minimum atomic E-state index is -1.00. The average molecular weight is 467 g/mol. The van der Waals surface area contributed by atoms with Crippen LogP contribution < -0.4 is 10.6 Å². The van der Waals surface area contributed by atoms with Gasteiger partial charge in [-0.3, -0.25) is 9.59 Å². The molecule has 2 aromatic carbocycles. The number of aliphatic carboxylic acids is 1. The van der Waals surface area contributed by atoms with E-state index in [2.05, 4.69) is 34.9 Å². The lowest BCUT2D eigenvalue weighted by Gasteiger charge is -2.33. The van der Waals surface area contributed by atoms with Crippen LogP contribution in [-0.2, 0) is 19.1 Å². The molecular formula is C26H30N2O6. The lowest BCUT2D eigenvalue weighted by atomic mass is 9.80. The van der Waals surface area contributed by atoms with Crippen molar-refractivity contribution in [1.82, 2.24) is 10.6 Å². The molecule has 1 unspecified atom stereocenters. The van der Waals surface area contributed by atoms with E-state index < -0.39 is 23.5 Å². The summed E-state index contributed by atoms with van der Waals surface area (Å²) in [7, 11) is 0. The zero-order chi connectivity index (χ0) is 24.1. The van der Waals surface area contributed by atoms with E-state index in [-0.39, 0.29) is 31.4 Å². The molecule has 4 rings (SSSR count). The van der Waals surface area contributed by atoms with Gasteiger partial charge in [-0.1, -0.05) is 48.5 Å². The van der Waals surface area contributed by atoms with Crippen molar-refractivity contribution in [3.8, 4) is 11.1 Å². The SMILES string of the molecule is CC(CC(=O)NCC1(C(=O)O)CCOCC1)NC(=O)OCC1c2ccccc2-c2ccccc21. The van der Waals surface area contributed by atoms with Crippen molar-refractivity contribution in [2.24, 2.45) is 5.41 Å². The van der Waals surface area contributed by atoms with Gasteiger partial charge in [-0.05, 0) is 42.0 Å². The highest BCUT2D eigenvalue weighted by Gasteiger charge is 2.40. The number of ether oxygens (including phenoxy) is 2. The highest BCUT2D eigenvalue weighted by atomic mass is 16.5. The van der Waals surface area contributed by atoms with Crippen LogP contribution in [0.5, 0.6) is 0 Å². The summed E-state index contributed by atoms with van der Waals surface area (Å²) < 4.78 is 10.8. The Morgan fingerprint density at radius 3 is 2.24 bits per heavy atom. The topological polar surface area (TPSA) is 114 Å². The second-order valence-corrected chi connectivity index (χ2v) is 9.05. The van der Waals surface area contributed by atoms with Crippen LogP contribution in [-0.4, -0.2) is 55.5 Å².